The van der Waals surface area contributed by atoms with Crippen LogP contribution in [0.3, 0.4) is 0 Å². The topological polar surface area (TPSA) is 94.9 Å². The fraction of sp³-hybridized carbons (Fsp3) is 0. The molecule has 1 N–H and O–H groups in total. The number of hydrogen-bond donors (Lipinski definition) is 1. The van der Waals surface area contributed by atoms with Gasteiger partial charge in [-0.25, -0.2) is 0 Å². The molecule has 6 heteroatoms. The summed E-state index contributed by atoms with van der Waals surface area (Å²) in [6, 6.07) is 15.3. The molecule has 1 aliphatic rings. The van der Waals surface area contributed by atoms with Crippen LogP contribution in [0, 0.1) is 0 Å². The molecule has 0 atom stereocenters. The number of azide groups is 1. The third-order valence-electron chi connectivity index (χ3n) is 3.30. The Labute approximate surface area is 125 Å². The molecule has 0 aromatic heterocycles. The van der Waals surface area contributed by atoms with Crippen molar-refractivity contribution in [2.45, 2.75) is 0 Å². The summed E-state index contributed by atoms with van der Waals surface area (Å²) in [6.45, 7) is 0. The normalized spacial score (nSPS) is 14.6. The van der Waals surface area contributed by atoms with E-state index < -0.39 is 11.7 Å². The molecule has 2 aromatic carbocycles. The number of carbonyl (C=O) groups excluding carboxylic acids is 2. The van der Waals surface area contributed by atoms with Crippen molar-refractivity contribution in [3.05, 3.63) is 81.9 Å². The van der Waals surface area contributed by atoms with Crippen LogP contribution in [0.2, 0.25) is 0 Å². The van der Waals surface area contributed by atoms with Crippen molar-refractivity contribution in [2.24, 2.45) is 5.11 Å². The molecule has 106 valence electrons. The molecular weight excluding hydrogens is 280 g/mol. The number of ketones is 1. The van der Waals surface area contributed by atoms with E-state index in [4.69, 9.17) is 5.53 Å². The van der Waals surface area contributed by atoms with Crippen LogP contribution in [0.4, 0.5) is 5.69 Å². The van der Waals surface area contributed by atoms with Crippen LogP contribution in [0.5, 0.6) is 0 Å². The summed E-state index contributed by atoms with van der Waals surface area (Å²) in [6.07, 6.45) is 0. The standard InChI is InChI=1S/C16H10N4O2/c17-20-19-14(15(21)10-6-2-1-3-7-10)13-11-8-4-5-9-12(11)18-16(13)22/h1-9H,(H,18,22)/b14-13-. The summed E-state index contributed by atoms with van der Waals surface area (Å²) in [4.78, 5) is 27.5. The van der Waals surface area contributed by atoms with E-state index in [9.17, 15) is 9.59 Å². The maximum atomic E-state index is 12.6. The summed E-state index contributed by atoms with van der Waals surface area (Å²) in [7, 11) is 0. The van der Waals surface area contributed by atoms with Gasteiger partial charge in [0.05, 0.1) is 11.3 Å². The molecule has 0 aliphatic carbocycles. The highest BCUT2D eigenvalue weighted by Gasteiger charge is 2.29. The van der Waals surface area contributed by atoms with Gasteiger partial charge >= 0.3 is 0 Å². The van der Waals surface area contributed by atoms with E-state index in [1.165, 1.54) is 0 Å². The molecule has 0 radical (unpaired) electrons. The molecule has 1 aliphatic heterocycles. The van der Waals surface area contributed by atoms with Crippen LogP contribution in [0.25, 0.3) is 16.0 Å². The van der Waals surface area contributed by atoms with Gasteiger partial charge in [-0.2, -0.15) is 0 Å². The summed E-state index contributed by atoms with van der Waals surface area (Å²) in [5, 5.41) is 6.14. The number of allylic oxidation sites excluding steroid dienone is 1. The number of carbonyl (C=O) groups is 2. The van der Waals surface area contributed by atoms with E-state index in [0.29, 0.717) is 16.8 Å². The molecule has 0 saturated heterocycles. The SMILES string of the molecule is [N-]=[N+]=N/C(C(=O)c1ccccc1)=C1\C(=O)Nc2ccccc21. The van der Waals surface area contributed by atoms with Crippen molar-refractivity contribution in [1.82, 2.24) is 0 Å². The predicted octanol–water partition coefficient (Wildman–Crippen LogP) is 3.54. The van der Waals surface area contributed by atoms with Gasteiger partial charge in [-0.3, -0.25) is 9.59 Å². The number of para-hydroxylation sites is 1. The lowest BCUT2D eigenvalue weighted by molar-refractivity contribution is -0.110. The van der Waals surface area contributed by atoms with Crippen LogP contribution in [-0.4, -0.2) is 11.7 Å². The van der Waals surface area contributed by atoms with Gasteiger partial charge in [-0.15, -0.1) is 0 Å². The van der Waals surface area contributed by atoms with Crippen molar-refractivity contribution < 1.29 is 9.59 Å². The first-order valence-electron chi connectivity index (χ1n) is 6.52. The third kappa shape index (κ3) is 2.24. The Hall–Kier alpha value is -3.37. The molecule has 0 bridgehead atoms. The zero-order valence-electron chi connectivity index (χ0n) is 11.4. The van der Waals surface area contributed by atoms with Gasteiger partial charge in [0.25, 0.3) is 5.91 Å². The monoisotopic (exact) mass is 290 g/mol. The van der Waals surface area contributed by atoms with Gasteiger partial charge in [-0.05, 0) is 11.6 Å². The molecule has 6 nitrogen and oxygen atoms in total. The number of Topliss-reactive ketones (excluding diaryl/α,β-unsaturated/α-hetero) is 1. The van der Waals surface area contributed by atoms with Gasteiger partial charge in [-0.1, -0.05) is 53.6 Å². The van der Waals surface area contributed by atoms with Crippen LogP contribution >= 0.6 is 0 Å². The highest BCUT2D eigenvalue weighted by molar-refractivity contribution is 6.36. The lowest BCUT2D eigenvalue weighted by atomic mass is 10.00. The largest absolute Gasteiger partial charge is 0.321 e. The molecule has 0 fully saturated rings. The first-order chi connectivity index (χ1) is 10.7. The van der Waals surface area contributed by atoms with Crippen LogP contribution in [-0.2, 0) is 4.79 Å². The Bertz CT molecular complexity index is 849. The first-order valence-corrected chi connectivity index (χ1v) is 6.52. The summed E-state index contributed by atoms with van der Waals surface area (Å²) in [5.74, 6) is -0.937. The smallest absolute Gasteiger partial charge is 0.256 e. The molecule has 22 heavy (non-hydrogen) atoms. The molecule has 1 amide bonds. The molecular formula is C16H10N4O2. The summed E-state index contributed by atoms with van der Waals surface area (Å²) < 4.78 is 0. The molecule has 1 heterocycles. The minimum atomic E-state index is -0.486. The second-order valence-corrected chi connectivity index (χ2v) is 4.61. The van der Waals surface area contributed by atoms with E-state index in [-0.39, 0.29) is 11.3 Å². The van der Waals surface area contributed by atoms with Crippen molar-refractivity contribution in [3.63, 3.8) is 0 Å². The highest BCUT2D eigenvalue weighted by Crippen LogP contribution is 2.34. The minimum absolute atomic E-state index is 0.0993. The van der Waals surface area contributed by atoms with Gasteiger partial charge in [0.2, 0.25) is 0 Å². The number of anilines is 1. The number of rotatable bonds is 3. The fourth-order valence-corrected chi connectivity index (χ4v) is 2.33. The predicted molar refractivity (Wildman–Crippen MR) is 81.9 cm³/mol. The maximum Gasteiger partial charge on any atom is 0.256 e. The number of nitrogens with one attached hydrogen (secondary N) is 1. The Morgan fingerprint density at radius 3 is 2.45 bits per heavy atom. The third-order valence-corrected chi connectivity index (χ3v) is 3.30. The van der Waals surface area contributed by atoms with E-state index in [1.54, 1.807) is 54.6 Å². The average Bonchev–Trinajstić information content (AvgIpc) is 2.88. The van der Waals surface area contributed by atoms with E-state index in [1.807, 2.05) is 0 Å². The quantitative estimate of drug-likeness (QED) is 0.307. The lowest BCUT2D eigenvalue weighted by Gasteiger charge is -2.04. The van der Waals surface area contributed by atoms with E-state index in [0.717, 1.165) is 0 Å². The number of hydrogen-bond acceptors (Lipinski definition) is 3. The van der Waals surface area contributed by atoms with Crippen molar-refractivity contribution in [2.75, 3.05) is 5.32 Å². The highest BCUT2D eigenvalue weighted by atomic mass is 16.2. The van der Waals surface area contributed by atoms with Crippen LogP contribution in [0.15, 0.2) is 65.4 Å². The van der Waals surface area contributed by atoms with Crippen LogP contribution < -0.4 is 5.32 Å². The zero-order valence-corrected chi connectivity index (χ0v) is 11.4. The number of fused-ring (bicyclic) bond motifs is 1. The minimum Gasteiger partial charge on any atom is -0.321 e. The Morgan fingerprint density at radius 2 is 1.73 bits per heavy atom. The van der Waals surface area contributed by atoms with Gasteiger partial charge in [0.1, 0.15) is 0 Å². The average molecular weight is 290 g/mol. The van der Waals surface area contributed by atoms with Crippen molar-refractivity contribution >= 4 is 23.0 Å². The van der Waals surface area contributed by atoms with Crippen LogP contribution in [0.1, 0.15) is 15.9 Å². The maximum absolute atomic E-state index is 12.6. The molecule has 0 saturated carbocycles. The first kappa shape index (κ1) is 13.6. The van der Waals surface area contributed by atoms with Gasteiger partial charge in [0.15, 0.2) is 5.78 Å². The summed E-state index contributed by atoms with van der Waals surface area (Å²) in [5.41, 5.74) is 10.2. The molecule has 3 rings (SSSR count). The van der Waals surface area contributed by atoms with Gasteiger partial charge < -0.3 is 5.32 Å². The summed E-state index contributed by atoms with van der Waals surface area (Å²) >= 11 is 0. The Balaban J connectivity index is 2.22. The number of amides is 1. The second kappa shape index (κ2) is 5.55. The zero-order chi connectivity index (χ0) is 15.5. The van der Waals surface area contributed by atoms with Crippen molar-refractivity contribution in [3.8, 4) is 0 Å². The van der Waals surface area contributed by atoms with E-state index in [2.05, 4.69) is 15.3 Å². The second-order valence-electron chi connectivity index (χ2n) is 4.61. The molecule has 0 unspecified atom stereocenters. The molecule has 0 spiro atoms. The fourth-order valence-electron chi connectivity index (χ4n) is 2.33. The Kier molecular flexibility index (Phi) is 3.43. The number of benzene rings is 2. The Morgan fingerprint density at radius 1 is 1.05 bits per heavy atom. The van der Waals surface area contributed by atoms with E-state index >= 15 is 0 Å². The lowest BCUT2D eigenvalue weighted by Crippen LogP contribution is -2.10. The number of nitrogens with zero attached hydrogens (tertiary/aromatic N) is 3. The van der Waals surface area contributed by atoms with Gasteiger partial charge in [0, 0.05) is 21.7 Å². The molecule has 2 aromatic rings. The van der Waals surface area contributed by atoms with Crippen molar-refractivity contribution in [1.29, 1.82) is 0 Å².